The molecule has 0 N–H and O–H groups in total. The summed E-state index contributed by atoms with van der Waals surface area (Å²) in [6.07, 6.45) is -5.63. The van der Waals surface area contributed by atoms with Crippen molar-refractivity contribution in [2.24, 2.45) is 5.92 Å². The fourth-order valence-corrected chi connectivity index (χ4v) is 5.71. The minimum absolute atomic E-state index is 0.0772. The van der Waals surface area contributed by atoms with Crippen molar-refractivity contribution in [1.82, 2.24) is 9.21 Å². The highest BCUT2D eigenvalue weighted by Gasteiger charge is 2.40. The van der Waals surface area contributed by atoms with Crippen LogP contribution in [-0.2, 0) is 30.5 Å². The molecule has 7 nitrogen and oxygen atoms in total. The normalized spacial score (nSPS) is 17.3. The van der Waals surface area contributed by atoms with E-state index in [2.05, 4.69) is 0 Å². The summed E-state index contributed by atoms with van der Waals surface area (Å²) in [5, 5.41) is 0. The number of sulfonamides is 1. The van der Waals surface area contributed by atoms with Crippen LogP contribution in [0, 0.1) is 5.92 Å². The molecular formula is C22H31F3N2O5S. The Morgan fingerprint density at radius 3 is 2.03 bits per heavy atom. The smallest absolute Gasteiger partial charge is 0.417 e. The molecule has 1 aromatic rings. The number of carbonyl (C=O) groups is 2. The molecule has 2 rings (SSSR count). The number of hydrogen-bond acceptors (Lipinski definition) is 5. The van der Waals surface area contributed by atoms with E-state index in [4.69, 9.17) is 4.74 Å². The number of rotatable bonds is 7. The van der Waals surface area contributed by atoms with Crippen molar-refractivity contribution in [1.29, 1.82) is 0 Å². The molecule has 0 spiro atoms. The zero-order valence-corrected chi connectivity index (χ0v) is 20.2. The van der Waals surface area contributed by atoms with Gasteiger partial charge in [0, 0.05) is 25.2 Å². The van der Waals surface area contributed by atoms with Crippen molar-refractivity contribution < 1.29 is 35.9 Å². The monoisotopic (exact) mass is 492 g/mol. The molecule has 1 fully saturated rings. The van der Waals surface area contributed by atoms with Crippen molar-refractivity contribution in [3.8, 4) is 0 Å². The van der Waals surface area contributed by atoms with Gasteiger partial charge in [-0.15, -0.1) is 0 Å². The van der Waals surface area contributed by atoms with Crippen molar-refractivity contribution >= 4 is 21.9 Å². The van der Waals surface area contributed by atoms with E-state index in [0.29, 0.717) is 0 Å². The minimum atomic E-state index is -4.81. The molecule has 186 valence electrons. The van der Waals surface area contributed by atoms with Crippen LogP contribution < -0.4 is 0 Å². The Labute approximate surface area is 192 Å². The molecule has 0 aromatic heterocycles. The Bertz CT molecular complexity index is 947. The predicted octanol–water partition coefficient (Wildman–Crippen LogP) is 3.68. The molecule has 0 saturated carbocycles. The number of piperidine rings is 1. The Morgan fingerprint density at radius 1 is 1.03 bits per heavy atom. The van der Waals surface area contributed by atoms with Crippen molar-refractivity contribution in [2.45, 2.75) is 76.7 Å². The zero-order valence-electron chi connectivity index (χ0n) is 19.4. The van der Waals surface area contributed by atoms with Crippen molar-refractivity contribution in [3.63, 3.8) is 0 Å². The molecule has 1 aliphatic heterocycles. The van der Waals surface area contributed by atoms with Gasteiger partial charge in [-0.3, -0.25) is 9.59 Å². The van der Waals surface area contributed by atoms with Gasteiger partial charge in [-0.2, -0.15) is 17.5 Å². The van der Waals surface area contributed by atoms with Crippen LogP contribution in [0.3, 0.4) is 0 Å². The molecule has 0 unspecified atom stereocenters. The predicted molar refractivity (Wildman–Crippen MR) is 116 cm³/mol. The van der Waals surface area contributed by atoms with Gasteiger partial charge >= 0.3 is 12.1 Å². The van der Waals surface area contributed by atoms with Gasteiger partial charge in [-0.1, -0.05) is 12.1 Å². The Hall–Kier alpha value is -2.14. The van der Waals surface area contributed by atoms with Gasteiger partial charge in [0.2, 0.25) is 10.0 Å². The first-order chi connectivity index (χ1) is 15.2. The van der Waals surface area contributed by atoms with E-state index in [1.807, 2.05) is 27.7 Å². The maximum absolute atomic E-state index is 13.3. The molecule has 0 bridgehead atoms. The summed E-state index contributed by atoms with van der Waals surface area (Å²) in [6.45, 7) is 8.69. The van der Waals surface area contributed by atoms with Crippen LogP contribution in [-0.4, -0.2) is 60.8 Å². The molecule has 11 heteroatoms. The molecule has 1 aromatic carbocycles. The van der Waals surface area contributed by atoms with Gasteiger partial charge in [0.15, 0.2) is 6.10 Å². The molecule has 1 heterocycles. The number of hydrogen-bond donors (Lipinski definition) is 0. The second kappa shape index (κ2) is 10.4. The molecule has 1 saturated heterocycles. The maximum atomic E-state index is 13.3. The van der Waals surface area contributed by atoms with Gasteiger partial charge in [-0.05, 0) is 59.6 Å². The first-order valence-electron chi connectivity index (χ1n) is 10.9. The summed E-state index contributed by atoms with van der Waals surface area (Å²) in [5.41, 5.74) is -1.22. The number of alkyl halides is 3. The number of halogens is 3. The quantitative estimate of drug-likeness (QED) is 0.542. The summed E-state index contributed by atoms with van der Waals surface area (Å²) < 4.78 is 71.9. The molecule has 1 atom stereocenters. The Morgan fingerprint density at radius 2 is 1.55 bits per heavy atom. The van der Waals surface area contributed by atoms with Crippen LogP contribution in [0.25, 0.3) is 0 Å². The topological polar surface area (TPSA) is 84.0 Å². The number of ether oxygens (including phenoxy) is 1. The highest BCUT2D eigenvalue weighted by molar-refractivity contribution is 7.89. The lowest BCUT2D eigenvalue weighted by molar-refractivity contribution is -0.165. The largest absolute Gasteiger partial charge is 0.452 e. The Balaban J connectivity index is 2.05. The van der Waals surface area contributed by atoms with Gasteiger partial charge in [-0.25, -0.2) is 8.42 Å². The van der Waals surface area contributed by atoms with Crippen LogP contribution in [0.1, 0.15) is 53.0 Å². The average Bonchev–Trinajstić information content (AvgIpc) is 2.72. The third-order valence-electron chi connectivity index (χ3n) is 5.61. The minimum Gasteiger partial charge on any atom is -0.452 e. The first kappa shape index (κ1) is 27.1. The standard InChI is InChI=1S/C22H31F3N2O5S/c1-14(2)27(15(3)4)20(28)16(5)32-21(29)17-10-12-26(13-11-17)33(30,31)19-9-7-6-8-18(19)22(23,24)25/h6-9,14-17H,10-13H2,1-5H3/t16-/m0/s1. The highest BCUT2D eigenvalue weighted by atomic mass is 32.2. The molecule has 0 aliphatic carbocycles. The van der Waals surface area contributed by atoms with Gasteiger partial charge in [0.25, 0.3) is 5.91 Å². The fraction of sp³-hybridized carbons (Fsp3) is 0.636. The zero-order chi connectivity index (χ0) is 25.1. The molecule has 1 amide bonds. The van der Waals surface area contributed by atoms with Crippen LogP contribution in [0.2, 0.25) is 0 Å². The van der Waals surface area contributed by atoms with Crippen LogP contribution in [0.4, 0.5) is 13.2 Å². The molecular weight excluding hydrogens is 461 g/mol. The lowest BCUT2D eigenvalue weighted by Gasteiger charge is -2.34. The summed E-state index contributed by atoms with van der Waals surface area (Å²) in [4.78, 5) is 26.1. The van der Waals surface area contributed by atoms with Crippen LogP contribution in [0.15, 0.2) is 29.2 Å². The van der Waals surface area contributed by atoms with Gasteiger partial charge in [0.05, 0.1) is 16.4 Å². The highest BCUT2D eigenvalue weighted by Crippen LogP contribution is 2.36. The van der Waals surface area contributed by atoms with Gasteiger partial charge < -0.3 is 9.64 Å². The number of benzene rings is 1. The second-order valence-corrected chi connectivity index (χ2v) is 10.6. The van der Waals surface area contributed by atoms with E-state index >= 15 is 0 Å². The third kappa shape index (κ3) is 6.26. The SMILES string of the molecule is CC(C)N(C(=O)[C@H](C)OC(=O)C1CCN(S(=O)(=O)c2ccccc2C(F)(F)F)CC1)C(C)C. The second-order valence-electron chi connectivity index (χ2n) is 8.68. The van der Waals surface area contributed by atoms with E-state index in [-0.39, 0.29) is 43.9 Å². The molecule has 0 radical (unpaired) electrons. The summed E-state index contributed by atoms with van der Waals surface area (Å²) in [7, 11) is -4.39. The lowest BCUT2D eigenvalue weighted by Crippen LogP contribution is -2.48. The van der Waals surface area contributed by atoms with Crippen LogP contribution in [0.5, 0.6) is 0 Å². The maximum Gasteiger partial charge on any atom is 0.417 e. The van der Waals surface area contributed by atoms with E-state index in [1.165, 1.54) is 13.0 Å². The van der Waals surface area contributed by atoms with E-state index in [9.17, 15) is 31.2 Å². The van der Waals surface area contributed by atoms with E-state index in [0.717, 1.165) is 22.5 Å². The summed E-state index contributed by atoms with van der Waals surface area (Å²) in [6, 6.07) is 3.88. The summed E-state index contributed by atoms with van der Waals surface area (Å²) >= 11 is 0. The number of carbonyl (C=O) groups excluding carboxylic acids is 2. The number of esters is 1. The third-order valence-corrected chi connectivity index (χ3v) is 7.56. The van der Waals surface area contributed by atoms with Gasteiger partial charge in [0.1, 0.15) is 0 Å². The average molecular weight is 493 g/mol. The van der Waals surface area contributed by atoms with Crippen molar-refractivity contribution in [2.75, 3.05) is 13.1 Å². The Kier molecular flexibility index (Phi) is 8.56. The lowest BCUT2D eigenvalue weighted by atomic mass is 9.98. The number of nitrogens with zero attached hydrogens (tertiary/aromatic N) is 2. The van der Waals surface area contributed by atoms with E-state index in [1.54, 1.807) is 4.90 Å². The number of amides is 1. The first-order valence-corrected chi connectivity index (χ1v) is 12.3. The summed E-state index contributed by atoms with van der Waals surface area (Å²) in [5.74, 6) is -1.58. The molecule has 33 heavy (non-hydrogen) atoms. The molecule has 1 aliphatic rings. The van der Waals surface area contributed by atoms with Crippen molar-refractivity contribution in [3.05, 3.63) is 29.8 Å². The van der Waals surface area contributed by atoms with E-state index < -0.39 is 44.6 Å². The van der Waals surface area contributed by atoms with Crippen LogP contribution >= 0.6 is 0 Å². The fourth-order valence-electron chi connectivity index (χ4n) is 4.03.